The van der Waals surface area contributed by atoms with E-state index in [4.69, 9.17) is 14.2 Å². The smallest absolute Gasteiger partial charge is 0.231 e. The summed E-state index contributed by atoms with van der Waals surface area (Å²) in [5, 5.41) is 0. The molecule has 2 aromatic carbocycles. The minimum Gasteiger partial charge on any atom is -0.497 e. The lowest BCUT2D eigenvalue weighted by atomic mass is 10.2. The van der Waals surface area contributed by atoms with Gasteiger partial charge in [-0.3, -0.25) is 0 Å². The summed E-state index contributed by atoms with van der Waals surface area (Å²) in [6, 6.07) is 16.0. The van der Waals surface area contributed by atoms with Gasteiger partial charge in [-0.05, 0) is 35.9 Å². The summed E-state index contributed by atoms with van der Waals surface area (Å²) < 4.78 is 17.3. The highest BCUT2D eigenvalue weighted by atomic mass is 32.1. The molecule has 1 aliphatic heterocycles. The number of hydrogen-bond acceptors (Lipinski definition) is 7. The maximum absolute atomic E-state index is 5.51. The zero-order chi connectivity index (χ0) is 19.1. The second-order valence-electron chi connectivity index (χ2n) is 6.35. The number of thiophene rings is 1. The Morgan fingerprint density at radius 2 is 1.93 bits per heavy atom. The van der Waals surface area contributed by atoms with Crippen molar-refractivity contribution in [2.75, 3.05) is 25.9 Å². The SMILES string of the molecule is COc1cccc(-c2cc3ncnc(N(C)c4ccc5c(c4)OCO5)c3s2)c1. The van der Waals surface area contributed by atoms with Crippen molar-refractivity contribution in [1.82, 2.24) is 9.97 Å². The van der Waals surface area contributed by atoms with Gasteiger partial charge in [0, 0.05) is 23.7 Å². The number of ether oxygens (including phenoxy) is 3. The summed E-state index contributed by atoms with van der Waals surface area (Å²) in [6.45, 7) is 0.259. The van der Waals surface area contributed by atoms with Crippen LogP contribution in [0.3, 0.4) is 0 Å². The van der Waals surface area contributed by atoms with E-state index < -0.39 is 0 Å². The summed E-state index contributed by atoms with van der Waals surface area (Å²) in [7, 11) is 3.66. The van der Waals surface area contributed by atoms with Crippen LogP contribution in [-0.2, 0) is 0 Å². The molecule has 7 heteroatoms. The van der Waals surface area contributed by atoms with Gasteiger partial charge in [0.1, 0.15) is 12.1 Å². The molecule has 4 aromatic rings. The predicted octanol–water partition coefficient (Wildman–Crippen LogP) is 4.86. The Labute approximate surface area is 165 Å². The lowest BCUT2D eigenvalue weighted by molar-refractivity contribution is 0.174. The molecule has 28 heavy (non-hydrogen) atoms. The van der Waals surface area contributed by atoms with Crippen LogP contribution in [-0.4, -0.2) is 30.9 Å². The molecule has 0 radical (unpaired) electrons. The van der Waals surface area contributed by atoms with Crippen LogP contribution < -0.4 is 19.1 Å². The monoisotopic (exact) mass is 391 g/mol. The summed E-state index contributed by atoms with van der Waals surface area (Å²) in [4.78, 5) is 12.2. The molecule has 3 heterocycles. The summed E-state index contributed by atoms with van der Waals surface area (Å²) in [6.07, 6.45) is 1.60. The van der Waals surface area contributed by atoms with Gasteiger partial charge in [-0.2, -0.15) is 0 Å². The minimum absolute atomic E-state index is 0.259. The third-order valence-electron chi connectivity index (χ3n) is 4.71. The van der Waals surface area contributed by atoms with Crippen molar-refractivity contribution in [3.05, 3.63) is 54.9 Å². The normalized spacial score (nSPS) is 12.4. The van der Waals surface area contributed by atoms with Gasteiger partial charge in [-0.25, -0.2) is 9.97 Å². The largest absolute Gasteiger partial charge is 0.497 e. The number of aromatic nitrogens is 2. The van der Waals surface area contributed by atoms with Crippen LogP contribution in [0.15, 0.2) is 54.9 Å². The van der Waals surface area contributed by atoms with E-state index >= 15 is 0 Å². The van der Waals surface area contributed by atoms with Gasteiger partial charge in [0.15, 0.2) is 17.3 Å². The molecule has 0 unspecified atom stereocenters. The Kier molecular flexibility index (Phi) is 4.02. The van der Waals surface area contributed by atoms with Gasteiger partial charge in [-0.1, -0.05) is 12.1 Å². The second-order valence-corrected chi connectivity index (χ2v) is 7.40. The molecule has 0 N–H and O–H groups in total. The van der Waals surface area contributed by atoms with Crippen LogP contribution in [0.1, 0.15) is 0 Å². The van der Waals surface area contributed by atoms with Crippen LogP contribution in [0.2, 0.25) is 0 Å². The van der Waals surface area contributed by atoms with Crippen LogP contribution in [0.4, 0.5) is 11.5 Å². The molecule has 0 saturated carbocycles. The fraction of sp³-hybridized carbons (Fsp3) is 0.143. The average Bonchev–Trinajstić information content (AvgIpc) is 3.39. The molecule has 0 atom stereocenters. The first-order valence-corrected chi connectivity index (χ1v) is 9.57. The number of rotatable bonds is 4. The van der Waals surface area contributed by atoms with E-state index in [1.807, 2.05) is 48.3 Å². The first-order chi connectivity index (χ1) is 13.7. The first-order valence-electron chi connectivity index (χ1n) is 8.75. The van der Waals surface area contributed by atoms with Crippen LogP contribution in [0.25, 0.3) is 20.7 Å². The summed E-state index contributed by atoms with van der Waals surface area (Å²) in [5.41, 5.74) is 2.99. The topological polar surface area (TPSA) is 56.7 Å². The van der Waals surface area contributed by atoms with Gasteiger partial charge >= 0.3 is 0 Å². The zero-order valence-corrected chi connectivity index (χ0v) is 16.2. The molecule has 0 fully saturated rings. The average molecular weight is 391 g/mol. The Hall–Kier alpha value is -3.32. The summed E-state index contributed by atoms with van der Waals surface area (Å²) >= 11 is 1.67. The van der Waals surface area contributed by atoms with Gasteiger partial charge in [0.05, 0.1) is 17.3 Å². The van der Waals surface area contributed by atoms with Crippen molar-refractivity contribution in [3.63, 3.8) is 0 Å². The van der Waals surface area contributed by atoms with Crippen molar-refractivity contribution in [2.24, 2.45) is 0 Å². The van der Waals surface area contributed by atoms with Crippen molar-refractivity contribution in [1.29, 1.82) is 0 Å². The molecule has 140 valence electrons. The minimum atomic E-state index is 0.259. The van der Waals surface area contributed by atoms with E-state index in [0.29, 0.717) is 0 Å². The number of nitrogens with zero attached hydrogens (tertiary/aromatic N) is 3. The Bertz CT molecular complexity index is 1170. The van der Waals surface area contributed by atoms with E-state index in [9.17, 15) is 0 Å². The zero-order valence-electron chi connectivity index (χ0n) is 15.4. The van der Waals surface area contributed by atoms with Gasteiger partial charge in [0.25, 0.3) is 0 Å². The second kappa shape index (κ2) is 6.69. The van der Waals surface area contributed by atoms with Crippen LogP contribution in [0, 0.1) is 0 Å². The quantitative estimate of drug-likeness (QED) is 0.495. The van der Waals surface area contributed by atoms with Crippen LogP contribution >= 0.6 is 11.3 Å². The standard InChI is InChI=1S/C21H17N3O3S/c1-24(14-6-7-17-18(9-14)27-12-26-17)21-20-16(22-11-23-21)10-19(28-20)13-4-3-5-15(8-13)25-2/h3-11H,12H2,1-2H3. The van der Waals surface area contributed by atoms with Gasteiger partial charge in [-0.15, -0.1) is 11.3 Å². The molecular formula is C21H17N3O3S. The third kappa shape index (κ3) is 2.80. The van der Waals surface area contributed by atoms with E-state index in [1.54, 1.807) is 24.8 Å². The van der Waals surface area contributed by atoms with E-state index in [-0.39, 0.29) is 6.79 Å². The van der Waals surface area contributed by atoms with E-state index in [0.717, 1.165) is 49.4 Å². The molecular weight excluding hydrogens is 374 g/mol. The highest BCUT2D eigenvalue weighted by molar-refractivity contribution is 7.22. The van der Waals surface area contributed by atoms with Crippen molar-refractivity contribution < 1.29 is 14.2 Å². The van der Waals surface area contributed by atoms with E-state index in [1.165, 1.54) is 0 Å². The van der Waals surface area contributed by atoms with Gasteiger partial charge < -0.3 is 19.1 Å². The first kappa shape index (κ1) is 16.8. The molecule has 0 bridgehead atoms. The highest BCUT2D eigenvalue weighted by Gasteiger charge is 2.18. The maximum Gasteiger partial charge on any atom is 0.231 e. The molecule has 2 aromatic heterocycles. The maximum atomic E-state index is 5.51. The van der Waals surface area contributed by atoms with Crippen molar-refractivity contribution in [3.8, 4) is 27.7 Å². The molecule has 5 rings (SSSR count). The van der Waals surface area contributed by atoms with E-state index in [2.05, 4.69) is 22.1 Å². The number of benzene rings is 2. The lowest BCUT2D eigenvalue weighted by Crippen LogP contribution is -2.11. The number of fused-ring (bicyclic) bond motifs is 2. The van der Waals surface area contributed by atoms with Crippen LogP contribution in [0.5, 0.6) is 17.2 Å². The number of anilines is 2. The predicted molar refractivity (Wildman–Crippen MR) is 110 cm³/mol. The fourth-order valence-corrected chi connectivity index (χ4v) is 4.35. The van der Waals surface area contributed by atoms with Gasteiger partial charge in [0.2, 0.25) is 6.79 Å². The molecule has 6 nitrogen and oxygen atoms in total. The highest BCUT2D eigenvalue weighted by Crippen LogP contribution is 2.41. The molecule has 0 amide bonds. The number of hydrogen-bond donors (Lipinski definition) is 0. The Balaban J connectivity index is 1.57. The Morgan fingerprint density at radius 1 is 1.04 bits per heavy atom. The Morgan fingerprint density at radius 3 is 2.82 bits per heavy atom. The van der Waals surface area contributed by atoms with Crippen molar-refractivity contribution in [2.45, 2.75) is 0 Å². The van der Waals surface area contributed by atoms with Crippen molar-refractivity contribution >= 4 is 33.1 Å². The molecule has 0 spiro atoms. The fourth-order valence-electron chi connectivity index (χ4n) is 3.22. The lowest BCUT2D eigenvalue weighted by Gasteiger charge is -2.19. The number of methoxy groups -OCH3 is 1. The molecule has 1 aliphatic rings. The molecule has 0 aliphatic carbocycles. The molecule has 0 saturated heterocycles. The summed E-state index contributed by atoms with van der Waals surface area (Å²) in [5.74, 6) is 3.20. The third-order valence-corrected chi connectivity index (χ3v) is 5.88.